The van der Waals surface area contributed by atoms with Crippen molar-refractivity contribution in [3.63, 3.8) is 0 Å². The van der Waals surface area contributed by atoms with Gasteiger partial charge in [0, 0.05) is 11.9 Å². The SMILES string of the molecule is CCCC(Br)C1CCCC(OC)C1. The molecule has 1 fully saturated rings. The highest BCUT2D eigenvalue weighted by Crippen LogP contribution is 2.33. The van der Waals surface area contributed by atoms with Gasteiger partial charge in [-0.25, -0.2) is 0 Å². The zero-order valence-electron chi connectivity index (χ0n) is 8.76. The average molecular weight is 249 g/mol. The minimum atomic E-state index is 0.524. The van der Waals surface area contributed by atoms with Gasteiger partial charge >= 0.3 is 0 Å². The van der Waals surface area contributed by atoms with E-state index in [0.29, 0.717) is 6.10 Å². The fraction of sp³-hybridized carbons (Fsp3) is 1.00. The molecule has 0 aromatic heterocycles. The highest BCUT2D eigenvalue weighted by atomic mass is 79.9. The third kappa shape index (κ3) is 3.59. The summed E-state index contributed by atoms with van der Waals surface area (Å²) < 4.78 is 5.43. The quantitative estimate of drug-likeness (QED) is 0.689. The highest BCUT2D eigenvalue weighted by molar-refractivity contribution is 9.09. The van der Waals surface area contributed by atoms with E-state index in [1.54, 1.807) is 0 Å². The Morgan fingerprint density at radius 2 is 2.23 bits per heavy atom. The van der Waals surface area contributed by atoms with Gasteiger partial charge in [0.05, 0.1) is 6.10 Å². The van der Waals surface area contributed by atoms with E-state index >= 15 is 0 Å². The van der Waals surface area contributed by atoms with Crippen LogP contribution in [0.2, 0.25) is 0 Å². The summed E-state index contributed by atoms with van der Waals surface area (Å²) in [5.41, 5.74) is 0. The molecule has 0 aromatic rings. The second-order valence-electron chi connectivity index (χ2n) is 4.09. The Balaban J connectivity index is 2.32. The van der Waals surface area contributed by atoms with E-state index in [0.717, 1.165) is 10.7 Å². The largest absolute Gasteiger partial charge is 0.381 e. The second kappa shape index (κ2) is 6.02. The van der Waals surface area contributed by atoms with Crippen LogP contribution in [0.1, 0.15) is 45.4 Å². The molecule has 0 aliphatic heterocycles. The topological polar surface area (TPSA) is 9.23 Å². The molecule has 2 heteroatoms. The van der Waals surface area contributed by atoms with E-state index in [1.165, 1.54) is 38.5 Å². The summed E-state index contributed by atoms with van der Waals surface area (Å²) in [6.07, 6.45) is 8.36. The summed E-state index contributed by atoms with van der Waals surface area (Å²) in [5, 5.41) is 0. The summed E-state index contributed by atoms with van der Waals surface area (Å²) in [6.45, 7) is 2.25. The van der Waals surface area contributed by atoms with Gasteiger partial charge in [-0.3, -0.25) is 0 Å². The molecule has 1 nitrogen and oxygen atoms in total. The number of hydrogen-bond acceptors (Lipinski definition) is 1. The summed E-state index contributed by atoms with van der Waals surface area (Å²) in [7, 11) is 1.84. The summed E-state index contributed by atoms with van der Waals surface area (Å²) in [4.78, 5) is 0.718. The lowest BCUT2D eigenvalue weighted by Gasteiger charge is -2.31. The standard InChI is InChI=1S/C11H21BrO/c1-3-5-11(12)9-6-4-7-10(8-9)13-2/h9-11H,3-8H2,1-2H3. The fourth-order valence-corrected chi connectivity index (χ4v) is 3.17. The van der Waals surface area contributed by atoms with Crippen molar-refractivity contribution < 1.29 is 4.74 Å². The Morgan fingerprint density at radius 1 is 1.46 bits per heavy atom. The van der Waals surface area contributed by atoms with Crippen LogP contribution in [0.4, 0.5) is 0 Å². The molecule has 0 N–H and O–H groups in total. The molecule has 0 radical (unpaired) electrons. The Bertz CT molecular complexity index is 138. The number of halogens is 1. The third-order valence-corrected chi connectivity index (χ3v) is 4.28. The van der Waals surface area contributed by atoms with E-state index in [2.05, 4.69) is 22.9 Å². The molecule has 1 saturated carbocycles. The smallest absolute Gasteiger partial charge is 0.0574 e. The maximum atomic E-state index is 5.43. The number of ether oxygens (including phenoxy) is 1. The second-order valence-corrected chi connectivity index (χ2v) is 5.27. The fourth-order valence-electron chi connectivity index (χ4n) is 2.24. The molecule has 3 unspecified atom stereocenters. The van der Waals surface area contributed by atoms with Crippen LogP contribution >= 0.6 is 15.9 Å². The first-order valence-corrected chi connectivity index (χ1v) is 6.36. The van der Waals surface area contributed by atoms with Gasteiger partial charge in [-0.15, -0.1) is 0 Å². The third-order valence-electron chi connectivity index (χ3n) is 3.08. The van der Waals surface area contributed by atoms with Crippen LogP contribution in [0.15, 0.2) is 0 Å². The van der Waals surface area contributed by atoms with Gasteiger partial charge in [-0.2, -0.15) is 0 Å². The molecule has 13 heavy (non-hydrogen) atoms. The van der Waals surface area contributed by atoms with Crippen LogP contribution in [0, 0.1) is 5.92 Å². The maximum absolute atomic E-state index is 5.43. The molecule has 1 aliphatic carbocycles. The zero-order chi connectivity index (χ0) is 9.68. The van der Waals surface area contributed by atoms with E-state index in [4.69, 9.17) is 4.74 Å². The molecule has 0 heterocycles. The number of rotatable bonds is 4. The summed E-state index contributed by atoms with van der Waals surface area (Å²) >= 11 is 3.80. The number of alkyl halides is 1. The molecule has 0 bridgehead atoms. The van der Waals surface area contributed by atoms with Crippen molar-refractivity contribution in [3.05, 3.63) is 0 Å². The van der Waals surface area contributed by atoms with Crippen molar-refractivity contribution in [2.75, 3.05) is 7.11 Å². The zero-order valence-corrected chi connectivity index (χ0v) is 10.3. The predicted molar refractivity (Wildman–Crippen MR) is 60.4 cm³/mol. The van der Waals surface area contributed by atoms with Crippen molar-refractivity contribution >= 4 is 15.9 Å². The van der Waals surface area contributed by atoms with Crippen LogP contribution < -0.4 is 0 Å². The van der Waals surface area contributed by atoms with E-state index in [9.17, 15) is 0 Å². The Labute approximate surface area is 90.4 Å². The van der Waals surface area contributed by atoms with Gasteiger partial charge in [-0.05, 0) is 31.6 Å². The van der Waals surface area contributed by atoms with Crippen molar-refractivity contribution in [1.29, 1.82) is 0 Å². The summed E-state index contributed by atoms with van der Waals surface area (Å²) in [5.74, 6) is 0.846. The lowest BCUT2D eigenvalue weighted by Crippen LogP contribution is -2.27. The predicted octanol–water partition coefficient (Wildman–Crippen LogP) is 3.76. The summed E-state index contributed by atoms with van der Waals surface area (Å²) in [6, 6.07) is 0. The van der Waals surface area contributed by atoms with E-state index in [-0.39, 0.29) is 0 Å². The average Bonchev–Trinajstić information content (AvgIpc) is 2.18. The molecule has 0 aromatic carbocycles. The van der Waals surface area contributed by atoms with Gasteiger partial charge in [0.1, 0.15) is 0 Å². The lowest BCUT2D eigenvalue weighted by molar-refractivity contribution is 0.0502. The highest BCUT2D eigenvalue weighted by Gasteiger charge is 2.26. The van der Waals surface area contributed by atoms with Gasteiger partial charge in [0.15, 0.2) is 0 Å². The number of methoxy groups -OCH3 is 1. The van der Waals surface area contributed by atoms with Crippen LogP contribution in [-0.2, 0) is 4.74 Å². The monoisotopic (exact) mass is 248 g/mol. The van der Waals surface area contributed by atoms with Crippen LogP contribution in [-0.4, -0.2) is 18.0 Å². The van der Waals surface area contributed by atoms with E-state index < -0.39 is 0 Å². The van der Waals surface area contributed by atoms with Crippen LogP contribution in [0.25, 0.3) is 0 Å². The Kier molecular flexibility index (Phi) is 5.34. The first-order chi connectivity index (χ1) is 6.27. The first kappa shape index (κ1) is 11.5. The van der Waals surface area contributed by atoms with Gasteiger partial charge in [0.2, 0.25) is 0 Å². The minimum absolute atomic E-state index is 0.524. The Morgan fingerprint density at radius 3 is 2.85 bits per heavy atom. The lowest BCUT2D eigenvalue weighted by atomic mass is 9.84. The molecule has 78 valence electrons. The number of hydrogen-bond donors (Lipinski definition) is 0. The molecular weight excluding hydrogens is 228 g/mol. The molecule has 3 atom stereocenters. The first-order valence-electron chi connectivity index (χ1n) is 5.44. The van der Waals surface area contributed by atoms with Crippen molar-refractivity contribution in [2.24, 2.45) is 5.92 Å². The maximum Gasteiger partial charge on any atom is 0.0574 e. The molecule has 1 aliphatic rings. The van der Waals surface area contributed by atoms with Gasteiger partial charge < -0.3 is 4.74 Å². The molecule has 0 amide bonds. The van der Waals surface area contributed by atoms with Crippen LogP contribution in [0.3, 0.4) is 0 Å². The van der Waals surface area contributed by atoms with Crippen molar-refractivity contribution in [1.82, 2.24) is 0 Å². The van der Waals surface area contributed by atoms with Gasteiger partial charge in [-0.1, -0.05) is 35.7 Å². The van der Waals surface area contributed by atoms with Crippen molar-refractivity contribution in [3.8, 4) is 0 Å². The van der Waals surface area contributed by atoms with Crippen LogP contribution in [0.5, 0.6) is 0 Å². The Hall–Kier alpha value is 0.440. The minimum Gasteiger partial charge on any atom is -0.381 e. The van der Waals surface area contributed by atoms with Gasteiger partial charge in [0.25, 0.3) is 0 Å². The normalized spacial score (nSPS) is 31.6. The molecular formula is C11H21BrO. The van der Waals surface area contributed by atoms with E-state index in [1.807, 2.05) is 7.11 Å². The molecule has 1 rings (SSSR count). The van der Waals surface area contributed by atoms with Crippen molar-refractivity contribution in [2.45, 2.75) is 56.4 Å². The molecule has 0 saturated heterocycles. The molecule has 0 spiro atoms.